The molecule has 0 saturated heterocycles. The molecule has 0 bridgehead atoms. The van der Waals surface area contributed by atoms with E-state index >= 15 is 0 Å². The highest BCUT2D eigenvalue weighted by molar-refractivity contribution is 6.29. The lowest BCUT2D eigenvalue weighted by Crippen LogP contribution is -2.35. The van der Waals surface area contributed by atoms with Gasteiger partial charge in [-0.15, -0.1) is 0 Å². The van der Waals surface area contributed by atoms with Gasteiger partial charge < -0.3 is 14.5 Å². The van der Waals surface area contributed by atoms with Gasteiger partial charge in [-0.05, 0) is 25.3 Å². The smallest absolute Gasteiger partial charge is 0.338 e. The standard InChI is InChI=1S/C13H16ClNO4/c1-18-9-4-2-3-5-10(9)19-13(17)8-6-11(14)15-12(16)7-8/h6-7,9-10H,2-5H2,1H3,(H,15,16). The maximum absolute atomic E-state index is 12.0. The van der Waals surface area contributed by atoms with Crippen LogP contribution in [0.3, 0.4) is 0 Å². The van der Waals surface area contributed by atoms with Crippen molar-refractivity contribution < 1.29 is 14.3 Å². The Balaban J connectivity index is 2.09. The molecular formula is C13H16ClNO4. The van der Waals surface area contributed by atoms with Gasteiger partial charge in [0.1, 0.15) is 11.3 Å². The van der Waals surface area contributed by atoms with E-state index in [-0.39, 0.29) is 22.9 Å². The van der Waals surface area contributed by atoms with Gasteiger partial charge in [-0.3, -0.25) is 4.79 Å². The minimum Gasteiger partial charge on any atom is -0.456 e. The van der Waals surface area contributed by atoms with Crippen molar-refractivity contribution in [3.05, 3.63) is 33.2 Å². The summed E-state index contributed by atoms with van der Waals surface area (Å²) in [6.07, 6.45) is 3.41. The van der Waals surface area contributed by atoms with E-state index in [1.807, 2.05) is 0 Å². The van der Waals surface area contributed by atoms with Gasteiger partial charge in [-0.2, -0.15) is 0 Å². The first-order valence-corrected chi connectivity index (χ1v) is 6.61. The summed E-state index contributed by atoms with van der Waals surface area (Å²) in [5, 5.41) is 0.117. The molecule has 1 N–H and O–H groups in total. The van der Waals surface area contributed by atoms with Gasteiger partial charge in [-0.25, -0.2) is 4.79 Å². The average Bonchev–Trinajstić information content (AvgIpc) is 2.38. The molecule has 1 aromatic heterocycles. The summed E-state index contributed by atoms with van der Waals surface area (Å²) in [4.78, 5) is 25.6. The van der Waals surface area contributed by atoms with Crippen LogP contribution in [0, 0.1) is 0 Å². The number of aromatic amines is 1. The lowest BCUT2D eigenvalue weighted by atomic mass is 9.94. The SMILES string of the molecule is COC1CCCCC1OC(=O)c1cc(Cl)[nH]c(=O)c1. The molecule has 1 saturated carbocycles. The van der Waals surface area contributed by atoms with Crippen LogP contribution in [0.1, 0.15) is 36.0 Å². The third kappa shape index (κ3) is 3.58. The predicted molar refractivity (Wildman–Crippen MR) is 70.5 cm³/mol. The number of hydrogen-bond acceptors (Lipinski definition) is 4. The monoisotopic (exact) mass is 285 g/mol. The molecule has 1 fully saturated rings. The number of carbonyl (C=O) groups is 1. The number of pyridine rings is 1. The molecule has 0 aliphatic heterocycles. The summed E-state index contributed by atoms with van der Waals surface area (Å²) < 4.78 is 10.7. The first-order chi connectivity index (χ1) is 9.10. The Bertz CT molecular complexity index is 514. The van der Waals surface area contributed by atoms with Gasteiger partial charge in [0, 0.05) is 13.2 Å². The number of rotatable bonds is 3. The van der Waals surface area contributed by atoms with Crippen molar-refractivity contribution in [2.75, 3.05) is 7.11 Å². The largest absolute Gasteiger partial charge is 0.456 e. The third-order valence-electron chi connectivity index (χ3n) is 3.25. The number of carbonyl (C=O) groups excluding carboxylic acids is 1. The van der Waals surface area contributed by atoms with Gasteiger partial charge in [0.15, 0.2) is 0 Å². The third-order valence-corrected chi connectivity index (χ3v) is 3.45. The van der Waals surface area contributed by atoms with Crippen LogP contribution >= 0.6 is 11.6 Å². The lowest BCUT2D eigenvalue weighted by molar-refractivity contribution is -0.0539. The van der Waals surface area contributed by atoms with E-state index in [0.29, 0.717) is 0 Å². The van der Waals surface area contributed by atoms with E-state index in [2.05, 4.69) is 4.98 Å². The number of hydrogen-bond donors (Lipinski definition) is 1. The fourth-order valence-electron chi connectivity index (χ4n) is 2.30. The maximum atomic E-state index is 12.0. The minimum absolute atomic E-state index is 0.0739. The minimum atomic E-state index is -0.540. The molecule has 1 heterocycles. The van der Waals surface area contributed by atoms with Gasteiger partial charge in [0.05, 0.1) is 11.7 Å². The molecule has 0 radical (unpaired) electrons. The summed E-state index contributed by atoms with van der Waals surface area (Å²) in [6.45, 7) is 0. The topological polar surface area (TPSA) is 68.4 Å². The molecule has 0 spiro atoms. The van der Waals surface area contributed by atoms with E-state index in [0.717, 1.165) is 25.7 Å². The highest BCUT2D eigenvalue weighted by Gasteiger charge is 2.28. The fourth-order valence-corrected chi connectivity index (χ4v) is 2.51. The van der Waals surface area contributed by atoms with Crippen LogP contribution in [0.15, 0.2) is 16.9 Å². The van der Waals surface area contributed by atoms with Crippen molar-refractivity contribution in [3.8, 4) is 0 Å². The van der Waals surface area contributed by atoms with Gasteiger partial charge in [0.2, 0.25) is 5.56 Å². The number of halogens is 1. The number of aromatic nitrogens is 1. The Morgan fingerprint density at radius 3 is 2.63 bits per heavy atom. The highest BCUT2D eigenvalue weighted by Crippen LogP contribution is 2.24. The number of esters is 1. The Kier molecular flexibility index (Phi) is 4.61. The van der Waals surface area contributed by atoms with Crippen LogP contribution in [0.4, 0.5) is 0 Å². The van der Waals surface area contributed by atoms with Crippen LogP contribution in [-0.4, -0.2) is 30.3 Å². The molecule has 2 unspecified atom stereocenters. The van der Waals surface area contributed by atoms with E-state index in [1.165, 1.54) is 12.1 Å². The van der Waals surface area contributed by atoms with Crippen LogP contribution in [0.2, 0.25) is 5.15 Å². The number of ether oxygens (including phenoxy) is 2. The van der Waals surface area contributed by atoms with E-state index in [1.54, 1.807) is 7.11 Å². The van der Waals surface area contributed by atoms with E-state index in [4.69, 9.17) is 21.1 Å². The second kappa shape index (κ2) is 6.21. The Hall–Kier alpha value is -1.33. The van der Waals surface area contributed by atoms with Crippen LogP contribution in [-0.2, 0) is 9.47 Å². The quantitative estimate of drug-likeness (QED) is 0.682. The molecule has 1 aromatic rings. The Labute approximate surface area is 115 Å². The zero-order chi connectivity index (χ0) is 13.8. The van der Waals surface area contributed by atoms with Gasteiger partial charge in [0.25, 0.3) is 0 Å². The lowest BCUT2D eigenvalue weighted by Gasteiger charge is -2.29. The van der Waals surface area contributed by atoms with Gasteiger partial charge >= 0.3 is 5.97 Å². The molecular weight excluding hydrogens is 270 g/mol. The first-order valence-electron chi connectivity index (χ1n) is 6.24. The fraction of sp³-hybridized carbons (Fsp3) is 0.538. The molecule has 2 atom stereocenters. The Morgan fingerprint density at radius 2 is 2.00 bits per heavy atom. The van der Waals surface area contributed by atoms with Crippen LogP contribution in [0.5, 0.6) is 0 Å². The molecule has 2 rings (SSSR count). The second-order valence-corrected chi connectivity index (χ2v) is 4.99. The van der Waals surface area contributed by atoms with E-state index < -0.39 is 11.5 Å². The molecule has 104 valence electrons. The van der Waals surface area contributed by atoms with Crippen molar-refractivity contribution in [2.24, 2.45) is 0 Å². The van der Waals surface area contributed by atoms with Crippen molar-refractivity contribution >= 4 is 17.6 Å². The summed E-state index contributed by atoms with van der Waals surface area (Å²) in [7, 11) is 1.61. The average molecular weight is 286 g/mol. The normalized spacial score (nSPS) is 23.1. The van der Waals surface area contributed by atoms with Crippen molar-refractivity contribution in [1.29, 1.82) is 0 Å². The van der Waals surface area contributed by atoms with Crippen molar-refractivity contribution in [1.82, 2.24) is 4.98 Å². The second-order valence-electron chi connectivity index (χ2n) is 4.58. The van der Waals surface area contributed by atoms with Crippen molar-refractivity contribution in [2.45, 2.75) is 37.9 Å². The van der Waals surface area contributed by atoms with Crippen LogP contribution < -0.4 is 5.56 Å². The zero-order valence-corrected chi connectivity index (χ0v) is 11.4. The molecule has 19 heavy (non-hydrogen) atoms. The number of nitrogens with one attached hydrogen (secondary N) is 1. The number of H-pyrrole nitrogens is 1. The van der Waals surface area contributed by atoms with E-state index in [9.17, 15) is 9.59 Å². The summed E-state index contributed by atoms with van der Waals surface area (Å²) in [6, 6.07) is 2.56. The van der Waals surface area contributed by atoms with Crippen LogP contribution in [0.25, 0.3) is 0 Å². The van der Waals surface area contributed by atoms with Crippen molar-refractivity contribution in [3.63, 3.8) is 0 Å². The first kappa shape index (κ1) is 14.1. The summed E-state index contributed by atoms with van der Waals surface area (Å²) in [5.41, 5.74) is -0.263. The highest BCUT2D eigenvalue weighted by atomic mass is 35.5. The predicted octanol–water partition coefficient (Wildman–Crippen LogP) is 2.14. The number of methoxy groups -OCH3 is 1. The molecule has 6 heteroatoms. The zero-order valence-electron chi connectivity index (χ0n) is 10.6. The molecule has 1 aliphatic rings. The maximum Gasteiger partial charge on any atom is 0.338 e. The molecule has 0 aromatic carbocycles. The molecule has 5 nitrogen and oxygen atoms in total. The summed E-state index contributed by atoms with van der Waals surface area (Å²) in [5.74, 6) is -0.540. The summed E-state index contributed by atoms with van der Waals surface area (Å²) >= 11 is 5.70. The molecule has 1 aliphatic carbocycles. The van der Waals surface area contributed by atoms with Gasteiger partial charge in [-0.1, -0.05) is 18.0 Å². The Morgan fingerprint density at radius 1 is 1.32 bits per heavy atom. The molecule has 0 amide bonds.